The molecule has 1 heterocycles. The molecule has 1 aliphatic heterocycles. The number of ether oxygens (including phenoxy) is 3. The maximum atomic E-state index is 11.7. The van der Waals surface area contributed by atoms with Gasteiger partial charge in [0.2, 0.25) is 0 Å². The van der Waals surface area contributed by atoms with Gasteiger partial charge in [-0.3, -0.25) is 9.59 Å². The van der Waals surface area contributed by atoms with E-state index in [1.807, 2.05) is 0 Å². The van der Waals surface area contributed by atoms with Crippen LogP contribution in [-0.2, 0) is 33.4 Å². The largest absolute Gasteiger partial charge is 0.459 e. The minimum Gasteiger partial charge on any atom is -0.459 e. The standard InChI is InChI=1S/C16H20O8/c1-9-8-16(21)24-11(3)13(18)5-7-15(20)23-10(2)12(17)4-6-14(19)22-9/h4-7,9-11,13,18H,8H2,1-3H3/b6-4+,7-5+/t9?,10-,11-,13+/m0/s1. The van der Waals surface area contributed by atoms with Gasteiger partial charge in [0, 0.05) is 12.2 Å². The molecule has 1 N–H and O–H groups in total. The van der Waals surface area contributed by atoms with Crippen LogP contribution in [0.25, 0.3) is 0 Å². The van der Waals surface area contributed by atoms with Crippen LogP contribution in [0.3, 0.4) is 0 Å². The van der Waals surface area contributed by atoms with Gasteiger partial charge in [0.05, 0.1) is 6.42 Å². The summed E-state index contributed by atoms with van der Waals surface area (Å²) in [5.74, 6) is -2.97. The maximum absolute atomic E-state index is 11.7. The van der Waals surface area contributed by atoms with Gasteiger partial charge < -0.3 is 19.3 Å². The fourth-order valence-electron chi connectivity index (χ4n) is 1.73. The Balaban J connectivity index is 2.93. The lowest BCUT2D eigenvalue weighted by Crippen LogP contribution is -2.29. The second kappa shape index (κ2) is 8.97. The summed E-state index contributed by atoms with van der Waals surface area (Å²) in [6.45, 7) is 4.27. The van der Waals surface area contributed by atoms with E-state index in [4.69, 9.17) is 14.2 Å². The molecule has 1 unspecified atom stereocenters. The normalized spacial score (nSPS) is 33.2. The Bertz CT molecular complexity index is 562. The molecule has 24 heavy (non-hydrogen) atoms. The highest BCUT2D eigenvalue weighted by atomic mass is 16.6. The lowest BCUT2D eigenvalue weighted by Gasteiger charge is -2.18. The fraction of sp³-hybridized carbons (Fsp3) is 0.500. The second-order valence-electron chi connectivity index (χ2n) is 5.31. The van der Waals surface area contributed by atoms with E-state index < -0.39 is 48.1 Å². The lowest BCUT2D eigenvalue weighted by atomic mass is 10.2. The molecular weight excluding hydrogens is 320 g/mol. The smallest absolute Gasteiger partial charge is 0.331 e. The van der Waals surface area contributed by atoms with Crippen LogP contribution in [0.4, 0.5) is 0 Å². The van der Waals surface area contributed by atoms with Crippen LogP contribution in [0.1, 0.15) is 27.2 Å². The quantitative estimate of drug-likeness (QED) is 0.492. The van der Waals surface area contributed by atoms with Crippen molar-refractivity contribution in [3.05, 3.63) is 24.3 Å². The van der Waals surface area contributed by atoms with E-state index in [0.717, 1.165) is 24.3 Å². The first-order valence-electron chi connectivity index (χ1n) is 7.38. The molecule has 0 fully saturated rings. The number of aliphatic hydroxyl groups excluding tert-OH is 1. The van der Waals surface area contributed by atoms with E-state index >= 15 is 0 Å². The zero-order valence-corrected chi connectivity index (χ0v) is 13.6. The molecule has 0 bridgehead atoms. The summed E-state index contributed by atoms with van der Waals surface area (Å²) in [7, 11) is 0. The van der Waals surface area contributed by atoms with Gasteiger partial charge >= 0.3 is 17.9 Å². The third-order valence-corrected chi connectivity index (χ3v) is 3.08. The minimum absolute atomic E-state index is 0.216. The number of hydrogen-bond donors (Lipinski definition) is 1. The van der Waals surface area contributed by atoms with Crippen LogP contribution in [-0.4, -0.2) is 53.2 Å². The molecule has 4 atom stereocenters. The molecule has 0 aromatic heterocycles. The number of cyclic esters (lactones) is 3. The van der Waals surface area contributed by atoms with Gasteiger partial charge in [-0.2, -0.15) is 0 Å². The van der Waals surface area contributed by atoms with Crippen molar-refractivity contribution in [2.75, 3.05) is 0 Å². The molecule has 132 valence electrons. The zero-order chi connectivity index (χ0) is 18.3. The van der Waals surface area contributed by atoms with Crippen molar-refractivity contribution in [3.63, 3.8) is 0 Å². The monoisotopic (exact) mass is 340 g/mol. The molecule has 0 aromatic rings. The van der Waals surface area contributed by atoms with Crippen molar-refractivity contribution in [1.82, 2.24) is 0 Å². The van der Waals surface area contributed by atoms with Gasteiger partial charge in [0.1, 0.15) is 18.3 Å². The SMILES string of the molecule is CC1CC(=O)O[C@@H](C)[C@H](O)/C=C/C(=O)O[C@@H](C)C(=O)/C=C/C(=O)O1. The summed E-state index contributed by atoms with van der Waals surface area (Å²) < 4.78 is 14.7. The second-order valence-corrected chi connectivity index (χ2v) is 5.31. The Morgan fingerprint density at radius 3 is 2.21 bits per heavy atom. The third-order valence-electron chi connectivity index (χ3n) is 3.08. The molecule has 1 rings (SSSR count). The molecule has 8 heteroatoms. The highest BCUT2D eigenvalue weighted by Gasteiger charge is 2.21. The molecule has 0 spiro atoms. The molecule has 0 radical (unpaired) electrons. The van der Waals surface area contributed by atoms with Crippen molar-refractivity contribution in [3.8, 4) is 0 Å². The van der Waals surface area contributed by atoms with Gasteiger partial charge in [-0.25, -0.2) is 9.59 Å². The lowest BCUT2D eigenvalue weighted by molar-refractivity contribution is -0.157. The Morgan fingerprint density at radius 2 is 1.54 bits per heavy atom. The van der Waals surface area contributed by atoms with Crippen LogP contribution >= 0.6 is 0 Å². The topological polar surface area (TPSA) is 116 Å². The van der Waals surface area contributed by atoms with E-state index in [1.165, 1.54) is 20.8 Å². The van der Waals surface area contributed by atoms with Crippen molar-refractivity contribution in [2.45, 2.75) is 51.6 Å². The van der Waals surface area contributed by atoms with Crippen LogP contribution in [0, 0.1) is 0 Å². The first kappa shape index (κ1) is 19.6. The highest BCUT2D eigenvalue weighted by molar-refractivity contribution is 5.99. The van der Waals surface area contributed by atoms with E-state index in [9.17, 15) is 24.3 Å². The number of esters is 3. The number of hydrogen-bond acceptors (Lipinski definition) is 8. The van der Waals surface area contributed by atoms with Gasteiger partial charge in [0.15, 0.2) is 11.9 Å². The summed E-state index contributed by atoms with van der Waals surface area (Å²) in [5.41, 5.74) is 0. The average molecular weight is 340 g/mol. The van der Waals surface area contributed by atoms with Gasteiger partial charge in [-0.05, 0) is 32.9 Å². The average Bonchev–Trinajstić information content (AvgIpc) is 2.48. The van der Waals surface area contributed by atoms with E-state index in [2.05, 4.69) is 0 Å². The Hall–Kier alpha value is -2.48. The van der Waals surface area contributed by atoms with Crippen LogP contribution in [0.15, 0.2) is 24.3 Å². The molecule has 0 saturated heterocycles. The predicted octanol–water partition coefficient (Wildman–Crippen LogP) is 0.228. The first-order chi connectivity index (χ1) is 11.2. The van der Waals surface area contributed by atoms with E-state index in [0.29, 0.717) is 0 Å². The molecule has 1 aliphatic rings. The Morgan fingerprint density at radius 1 is 0.917 bits per heavy atom. The van der Waals surface area contributed by atoms with Crippen molar-refractivity contribution < 1.29 is 38.5 Å². The van der Waals surface area contributed by atoms with Crippen molar-refractivity contribution in [1.29, 1.82) is 0 Å². The minimum atomic E-state index is -1.24. The van der Waals surface area contributed by atoms with Gasteiger partial charge in [-0.15, -0.1) is 0 Å². The third kappa shape index (κ3) is 6.74. The van der Waals surface area contributed by atoms with Crippen LogP contribution < -0.4 is 0 Å². The number of aliphatic hydroxyl groups is 1. The highest BCUT2D eigenvalue weighted by Crippen LogP contribution is 2.08. The Kier molecular flexibility index (Phi) is 7.31. The number of carbonyl (C=O) groups is 4. The van der Waals surface area contributed by atoms with Gasteiger partial charge in [-0.1, -0.05) is 0 Å². The van der Waals surface area contributed by atoms with E-state index in [1.54, 1.807) is 0 Å². The van der Waals surface area contributed by atoms with Crippen molar-refractivity contribution >= 4 is 23.7 Å². The summed E-state index contributed by atoms with van der Waals surface area (Å²) in [4.78, 5) is 46.5. The maximum Gasteiger partial charge on any atom is 0.331 e. The summed E-state index contributed by atoms with van der Waals surface area (Å²) in [6.07, 6.45) is -0.396. The van der Waals surface area contributed by atoms with Crippen LogP contribution in [0.2, 0.25) is 0 Å². The molecule has 0 aromatic carbocycles. The van der Waals surface area contributed by atoms with Crippen molar-refractivity contribution in [2.24, 2.45) is 0 Å². The Labute approximate surface area is 139 Å². The molecule has 0 saturated carbocycles. The number of carbonyl (C=O) groups excluding carboxylic acids is 4. The molecule has 0 amide bonds. The molecule has 8 nitrogen and oxygen atoms in total. The summed E-state index contributed by atoms with van der Waals surface area (Å²) in [5, 5.41) is 9.81. The summed E-state index contributed by atoms with van der Waals surface area (Å²) in [6, 6.07) is 0. The fourth-order valence-corrected chi connectivity index (χ4v) is 1.73. The van der Waals surface area contributed by atoms with Gasteiger partial charge in [0.25, 0.3) is 0 Å². The molecular formula is C16H20O8. The van der Waals surface area contributed by atoms with Crippen LogP contribution in [0.5, 0.6) is 0 Å². The number of ketones is 1. The molecule has 0 aliphatic carbocycles. The van der Waals surface area contributed by atoms with E-state index in [-0.39, 0.29) is 6.42 Å². The predicted molar refractivity (Wildman–Crippen MR) is 80.6 cm³/mol. The first-order valence-corrected chi connectivity index (χ1v) is 7.38. The number of rotatable bonds is 0. The zero-order valence-electron chi connectivity index (χ0n) is 13.6. The summed E-state index contributed by atoms with van der Waals surface area (Å²) >= 11 is 0.